The Morgan fingerprint density at radius 1 is 1.25 bits per heavy atom. The van der Waals surface area contributed by atoms with Crippen molar-refractivity contribution in [3.05, 3.63) is 0 Å². The third-order valence-corrected chi connectivity index (χ3v) is 3.48. The molecule has 1 amide bonds. The second-order valence-corrected chi connectivity index (χ2v) is 6.32. The third kappa shape index (κ3) is 3.62. The molecule has 116 valence electrons. The smallest absolute Gasteiger partial charge is 0.410 e. The van der Waals surface area contributed by atoms with E-state index in [-0.39, 0.29) is 18.6 Å². The summed E-state index contributed by atoms with van der Waals surface area (Å²) >= 11 is 0. The van der Waals surface area contributed by atoms with Gasteiger partial charge in [-0.05, 0) is 34.1 Å². The van der Waals surface area contributed by atoms with E-state index in [0.29, 0.717) is 13.0 Å². The maximum absolute atomic E-state index is 12.1. The molecule has 0 spiro atoms. The van der Waals surface area contributed by atoms with Crippen LogP contribution in [0.1, 0.15) is 34.1 Å². The van der Waals surface area contributed by atoms with Crippen molar-refractivity contribution in [2.75, 3.05) is 27.3 Å². The van der Waals surface area contributed by atoms with Crippen LogP contribution in [0.5, 0.6) is 0 Å². The number of ether oxygens (including phenoxy) is 3. The molecule has 2 unspecified atom stereocenters. The van der Waals surface area contributed by atoms with E-state index in [1.54, 1.807) is 14.0 Å². The van der Waals surface area contributed by atoms with Crippen molar-refractivity contribution in [3.63, 3.8) is 0 Å². The number of methoxy groups -OCH3 is 2. The number of rotatable bonds is 2. The van der Waals surface area contributed by atoms with Gasteiger partial charge < -0.3 is 19.1 Å². The Kier molecular flexibility index (Phi) is 5.02. The summed E-state index contributed by atoms with van der Waals surface area (Å²) in [4.78, 5) is 25.7. The van der Waals surface area contributed by atoms with Crippen LogP contribution in [0.2, 0.25) is 0 Å². The number of carbonyl (C=O) groups is 2. The number of carbonyl (C=O) groups excluding carboxylic acids is 2. The molecule has 0 radical (unpaired) electrons. The second-order valence-electron chi connectivity index (χ2n) is 6.32. The Balaban J connectivity index is 2.85. The summed E-state index contributed by atoms with van der Waals surface area (Å²) in [6.07, 6.45) is -0.114. The van der Waals surface area contributed by atoms with Crippen molar-refractivity contribution in [2.45, 2.75) is 45.8 Å². The minimum Gasteiger partial charge on any atom is -0.468 e. The Labute approximate surface area is 120 Å². The summed E-state index contributed by atoms with van der Waals surface area (Å²) in [5.74, 6) is -0.377. The predicted molar refractivity (Wildman–Crippen MR) is 73.3 cm³/mol. The van der Waals surface area contributed by atoms with E-state index in [1.165, 1.54) is 12.0 Å². The molecule has 6 heteroatoms. The van der Waals surface area contributed by atoms with E-state index < -0.39 is 17.1 Å². The van der Waals surface area contributed by atoms with Gasteiger partial charge in [0.25, 0.3) is 0 Å². The topological polar surface area (TPSA) is 65.1 Å². The predicted octanol–water partition coefficient (Wildman–Crippen LogP) is 1.82. The van der Waals surface area contributed by atoms with E-state index in [4.69, 9.17) is 14.2 Å². The highest BCUT2D eigenvalue weighted by molar-refractivity contribution is 5.79. The Hall–Kier alpha value is -1.30. The lowest BCUT2D eigenvalue weighted by molar-refractivity contribution is -0.166. The van der Waals surface area contributed by atoms with E-state index in [1.807, 2.05) is 20.8 Å². The normalized spacial score (nSPS) is 27.1. The summed E-state index contributed by atoms with van der Waals surface area (Å²) < 4.78 is 15.6. The summed E-state index contributed by atoms with van der Waals surface area (Å²) in [5, 5.41) is 0. The number of hydrogen-bond acceptors (Lipinski definition) is 5. The molecule has 1 saturated heterocycles. The van der Waals surface area contributed by atoms with Gasteiger partial charge in [0, 0.05) is 20.2 Å². The minimum absolute atomic E-state index is 0.229. The zero-order valence-corrected chi connectivity index (χ0v) is 13.2. The van der Waals surface area contributed by atoms with Crippen molar-refractivity contribution in [2.24, 2.45) is 5.41 Å². The van der Waals surface area contributed by atoms with Gasteiger partial charge in [-0.2, -0.15) is 0 Å². The summed E-state index contributed by atoms with van der Waals surface area (Å²) in [5.41, 5.74) is -1.44. The molecule has 0 N–H and O–H groups in total. The molecule has 1 heterocycles. The van der Waals surface area contributed by atoms with Gasteiger partial charge >= 0.3 is 12.1 Å². The fourth-order valence-electron chi connectivity index (χ4n) is 2.46. The average molecular weight is 287 g/mol. The van der Waals surface area contributed by atoms with Crippen molar-refractivity contribution < 1.29 is 23.8 Å². The SMILES string of the molecule is COC(=O)C1(C)CN(C(=O)OC(C)(C)C)CCC1OC. The maximum atomic E-state index is 12.1. The van der Waals surface area contributed by atoms with Crippen molar-refractivity contribution in [1.82, 2.24) is 4.90 Å². The molecule has 0 aromatic rings. The van der Waals surface area contributed by atoms with Crippen LogP contribution in [0.25, 0.3) is 0 Å². The van der Waals surface area contributed by atoms with Gasteiger partial charge in [-0.3, -0.25) is 4.79 Å². The molecule has 0 aromatic carbocycles. The van der Waals surface area contributed by atoms with Crippen LogP contribution in [0.15, 0.2) is 0 Å². The largest absolute Gasteiger partial charge is 0.468 e. The van der Waals surface area contributed by atoms with Crippen molar-refractivity contribution >= 4 is 12.1 Å². The minimum atomic E-state index is -0.876. The Morgan fingerprint density at radius 2 is 1.85 bits per heavy atom. The molecular weight excluding hydrogens is 262 g/mol. The molecule has 20 heavy (non-hydrogen) atoms. The van der Waals surface area contributed by atoms with Crippen LogP contribution in [0, 0.1) is 5.41 Å². The van der Waals surface area contributed by atoms with Crippen molar-refractivity contribution in [1.29, 1.82) is 0 Å². The van der Waals surface area contributed by atoms with Gasteiger partial charge in [-0.15, -0.1) is 0 Å². The Bertz CT molecular complexity index is 376. The third-order valence-electron chi connectivity index (χ3n) is 3.48. The highest BCUT2D eigenvalue weighted by Crippen LogP contribution is 2.33. The molecule has 2 atom stereocenters. The average Bonchev–Trinajstić information content (AvgIpc) is 2.35. The van der Waals surface area contributed by atoms with Gasteiger partial charge in [0.15, 0.2) is 0 Å². The highest BCUT2D eigenvalue weighted by Gasteiger charge is 2.48. The molecule has 1 rings (SSSR count). The van der Waals surface area contributed by atoms with E-state index in [9.17, 15) is 9.59 Å². The first kappa shape index (κ1) is 16.8. The fraction of sp³-hybridized carbons (Fsp3) is 0.857. The van der Waals surface area contributed by atoms with Crippen LogP contribution >= 0.6 is 0 Å². The van der Waals surface area contributed by atoms with Gasteiger partial charge in [-0.25, -0.2) is 4.79 Å². The zero-order valence-electron chi connectivity index (χ0n) is 13.2. The molecule has 0 bridgehead atoms. The van der Waals surface area contributed by atoms with Gasteiger partial charge in [0.2, 0.25) is 0 Å². The lowest BCUT2D eigenvalue weighted by Crippen LogP contribution is -2.57. The highest BCUT2D eigenvalue weighted by atomic mass is 16.6. The summed E-state index contributed by atoms with van der Waals surface area (Å²) in [6, 6.07) is 0. The number of nitrogens with zero attached hydrogens (tertiary/aromatic N) is 1. The molecule has 0 aliphatic carbocycles. The lowest BCUT2D eigenvalue weighted by Gasteiger charge is -2.43. The molecule has 1 fully saturated rings. The van der Waals surface area contributed by atoms with Crippen LogP contribution in [-0.2, 0) is 19.0 Å². The fourth-order valence-corrected chi connectivity index (χ4v) is 2.46. The van der Waals surface area contributed by atoms with Crippen LogP contribution in [0.3, 0.4) is 0 Å². The summed E-state index contributed by atoms with van der Waals surface area (Å²) in [7, 11) is 2.90. The monoisotopic (exact) mass is 287 g/mol. The molecule has 0 aromatic heterocycles. The quantitative estimate of drug-likeness (QED) is 0.725. The number of likely N-dealkylation sites (tertiary alicyclic amines) is 1. The standard InChI is InChI=1S/C14H25NO5/c1-13(2,3)20-12(17)15-8-7-10(18-5)14(4,9-15)11(16)19-6/h10H,7-9H2,1-6H3. The maximum Gasteiger partial charge on any atom is 0.410 e. The van der Waals surface area contributed by atoms with Gasteiger partial charge in [0.1, 0.15) is 11.0 Å². The van der Waals surface area contributed by atoms with E-state index >= 15 is 0 Å². The van der Waals surface area contributed by atoms with E-state index in [0.717, 1.165) is 0 Å². The zero-order chi connectivity index (χ0) is 15.6. The van der Waals surface area contributed by atoms with Crippen LogP contribution < -0.4 is 0 Å². The first-order valence-electron chi connectivity index (χ1n) is 6.73. The number of esters is 1. The number of amides is 1. The number of piperidine rings is 1. The number of hydrogen-bond donors (Lipinski definition) is 0. The van der Waals surface area contributed by atoms with Gasteiger partial charge in [-0.1, -0.05) is 0 Å². The Morgan fingerprint density at radius 3 is 2.30 bits per heavy atom. The lowest BCUT2D eigenvalue weighted by atomic mass is 9.79. The van der Waals surface area contributed by atoms with E-state index in [2.05, 4.69) is 0 Å². The first-order valence-corrected chi connectivity index (χ1v) is 6.73. The van der Waals surface area contributed by atoms with Crippen molar-refractivity contribution in [3.8, 4) is 0 Å². The molecule has 1 aliphatic rings. The molecule has 6 nitrogen and oxygen atoms in total. The van der Waals surface area contributed by atoms with Crippen LogP contribution in [0.4, 0.5) is 4.79 Å². The summed E-state index contributed by atoms with van der Waals surface area (Å²) in [6.45, 7) is 7.92. The molecule has 0 saturated carbocycles. The molecular formula is C14H25NO5. The second kappa shape index (κ2) is 5.99. The molecule has 1 aliphatic heterocycles. The first-order chi connectivity index (χ1) is 9.14. The van der Waals surface area contributed by atoms with Crippen LogP contribution in [-0.4, -0.2) is 56.0 Å². The van der Waals surface area contributed by atoms with Gasteiger partial charge in [0.05, 0.1) is 13.2 Å².